The number of anilines is 1. The van der Waals surface area contributed by atoms with Crippen LogP contribution in [0.4, 0.5) is 5.69 Å². The van der Waals surface area contributed by atoms with Crippen molar-refractivity contribution in [2.75, 3.05) is 5.32 Å². The van der Waals surface area contributed by atoms with Crippen molar-refractivity contribution in [1.82, 2.24) is 10.3 Å². The predicted molar refractivity (Wildman–Crippen MR) is 153 cm³/mol. The van der Waals surface area contributed by atoms with Crippen LogP contribution >= 0.6 is 46.7 Å². The SMILES string of the molecule is O=C(Nc1ccc(C[C@H](NC2=C(C3SC=CS3)C(=O)C23CCCCC3)C(=O)O)cc1)c1c(Cl)cncc1Cl. The van der Waals surface area contributed by atoms with E-state index in [2.05, 4.69) is 15.6 Å². The molecule has 0 radical (unpaired) electrons. The number of pyridine rings is 1. The van der Waals surface area contributed by atoms with E-state index in [1.54, 1.807) is 47.8 Å². The van der Waals surface area contributed by atoms with Crippen molar-refractivity contribution in [2.24, 2.45) is 5.41 Å². The van der Waals surface area contributed by atoms with Gasteiger partial charge in [0.25, 0.3) is 5.91 Å². The summed E-state index contributed by atoms with van der Waals surface area (Å²) in [5.41, 5.74) is 2.39. The van der Waals surface area contributed by atoms with E-state index in [0.717, 1.165) is 48.9 Å². The second-order valence-electron chi connectivity index (χ2n) is 9.51. The number of carboxylic acids is 1. The van der Waals surface area contributed by atoms with Gasteiger partial charge < -0.3 is 15.7 Å². The molecule has 1 fully saturated rings. The molecule has 2 aromatic rings. The average Bonchev–Trinajstić information content (AvgIpc) is 3.43. The number of aromatic nitrogens is 1. The molecule has 198 valence electrons. The topological polar surface area (TPSA) is 108 Å². The molecule has 3 N–H and O–H groups in total. The Morgan fingerprint density at radius 2 is 1.68 bits per heavy atom. The maximum absolute atomic E-state index is 13.4. The Hall–Kier alpha value is -2.46. The van der Waals surface area contributed by atoms with E-state index in [-0.39, 0.29) is 32.4 Å². The zero-order valence-corrected chi connectivity index (χ0v) is 23.4. The first kappa shape index (κ1) is 27.1. The average molecular weight is 591 g/mol. The van der Waals surface area contributed by atoms with Crippen LogP contribution in [0.3, 0.4) is 0 Å². The first-order valence-corrected chi connectivity index (χ1v) is 14.9. The van der Waals surface area contributed by atoms with Crippen molar-refractivity contribution in [3.63, 3.8) is 0 Å². The molecule has 2 aliphatic carbocycles. The van der Waals surface area contributed by atoms with Crippen molar-refractivity contribution in [3.8, 4) is 0 Å². The summed E-state index contributed by atoms with van der Waals surface area (Å²) in [6.45, 7) is 0. The monoisotopic (exact) mass is 589 g/mol. The highest BCUT2D eigenvalue weighted by Crippen LogP contribution is 2.56. The van der Waals surface area contributed by atoms with Crippen LogP contribution in [0.2, 0.25) is 10.0 Å². The highest BCUT2D eigenvalue weighted by molar-refractivity contribution is 8.22. The van der Waals surface area contributed by atoms with E-state index in [9.17, 15) is 19.5 Å². The van der Waals surface area contributed by atoms with Gasteiger partial charge in [-0.2, -0.15) is 0 Å². The number of benzene rings is 1. The van der Waals surface area contributed by atoms with E-state index in [1.165, 1.54) is 12.4 Å². The number of halogens is 2. The third kappa shape index (κ3) is 5.21. The molecule has 1 aromatic heterocycles. The molecule has 3 aliphatic rings. The molecular weight excluding hydrogens is 565 g/mol. The molecule has 1 atom stereocenters. The predicted octanol–water partition coefficient (Wildman–Crippen LogP) is 6.29. The lowest BCUT2D eigenvalue weighted by Crippen LogP contribution is -2.55. The first-order valence-electron chi connectivity index (χ1n) is 12.2. The smallest absolute Gasteiger partial charge is 0.326 e. The minimum absolute atomic E-state index is 0.0303. The number of carboxylic acid groups (broad SMARTS) is 1. The number of rotatable bonds is 8. The minimum atomic E-state index is -0.980. The van der Waals surface area contributed by atoms with Crippen LogP contribution in [0.25, 0.3) is 0 Å². The molecule has 0 unspecified atom stereocenters. The fraction of sp³-hybridized carbons (Fsp3) is 0.333. The van der Waals surface area contributed by atoms with Gasteiger partial charge >= 0.3 is 5.97 Å². The zero-order chi connectivity index (χ0) is 26.9. The van der Waals surface area contributed by atoms with Gasteiger partial charge in [-0.3, -0.25) is 14.6 Å². The molecule has 11 heteroatoms. The summed E-state index contributed by atoms with van der Waals surface area (Å²) in [4.78, 5) is 42.2. The largest absolute Gasteiger partial charge is 0.480 e. The number of thioether (sulfide) groups is 2. The van der Waals surface area contributed by atoms with Crippen molar-refractivity contribution in [2.45, 2.75) is 49.1 Å². The maximum Gasteiger partial charge on any atom is 0.326 e. The molecule has 1 saturated carbocycles. The van der Waals surface area contributed by atoms with Gasteiger partial charge in [-0.15, -0.1) is 23.5 Å². The van der Waals surface area contributed by atoms with Crippen LogP contribution in [0.5, 0.6) is 0 Å². The molecule has 38 heavy (non-hydrogen) atoms. The molecule has 1 aromatic carbocycles. The van der Waals surface area contributed by atoms with Crippen LogP contribution in [-0.2, 0) is 16.0 Å². The molecule has 0 saturated heterocycles. The van der Waals surface area contributed by atoms with E-state index in [0.29, 0.717) is 5.69 Å². The Labute approximate surface area is 238 Å². The van der Waals surface area contributed by atoms with E-state index < -0.39 is 23.3 Å². The Morgan fingerprint density at radius 1 is 1.05 bits per heavy atom. The van der Waals surface area contributed by atoms with E-state index >= 15 is 0 Å². The van der Waals surface area contributed by atoms with Gasteiger partial charge in [0.2, 0.25) is 0 Å². The summed E-state index contributed by atoms with van der Waals surface area (Å²) >= 11 is 15.3. The lowest BCUT2D eigenvalue weighted by atomic mass is 9.59. The van der Waals surface area contributed by atoms with Crippen molar-refractivity contribution >= 4 is 70.1 Å². The zero-order valence-electron chi connectivity index (χ0n) is 20.2. The highest BCUT2D eigenvalue weighted by Gasteiger charge is 2.56. The summed E-state index contributed by atoms with van der Waals surface area (Å²) in [6.07, 6.45) is 7.46. The number of nitrogens with one attached hydrogen (secondary N) is 2. The second-order valence-corrected chi connectivity index (χ2v) is 12.6. The van der Waals surface area contributed by atoms with Crippen LogP contribution < -0.4 is 10.6 Å². The molecule has 5 rings (SSSR count). The van der Waals surface area contributed by atoms with E-state index in [1.807, 2.05) is 10.8 Å². The van der Waals surface area contributed by atoms with Crippen molar-refractivity contribution in [3.05, 3.63) is 79.9 Å². The number of carbonyl (C=O) groups excluding carboxylic acids is 2. The van der Waals surface area contributed by atoms with Gasteiger partial charge in [0.05, 0.1) is 25.6 Å². The lowest BCUT2D eigenvalue weighted by Gasteiger charge is -2.48. The number of nitrogens with zero attached hydrogens (tertiary/aromatic N) is 1. The third-order valence-corrected chi connectivity index (χ3v) is 10.1. The van der Waals surface area contributed by atoms with Crippen molar-refractivity contribution < 1.29 is 19.5 Å². The Bertz CT molecular complexity index is 1310. The number of hydrogen-bond donors (Lipinski definition) is 3. The molecule has 1 spiro atoms. The quantitative estimate of drug-likeness (QED) is 0.329. The Balaban J connectivity index is 1.32. The standard InChI is InChI=1S/C27H25Cl2N3O4S2/c28-17-13-30-14-18(29)20(17)24(34)31-16-6-4-15(5-7-16)12-19(25(35)36)32-22-21(26-37-10-11-38-26)23(33)27(22)8-2-1-3-9-27/h4-7,10-11,13-14,19,26,32H,1-3,8-9,12H2,(H,31,34)(H,35,36)/t19-/m0/s1. The maximum atomic E-state index is 13.4. The molecule has 1 amide bonds. The number of allylic oxidation sites excluding steroid dienone is 1. The number of hydrogen-bond acceptors (Lipinski definition) is 7. The third-order valence-electron chi connectivity index (χ3n) is 7.18. The van der Waals surface area contributed by atoms with Gasteiger partial charge in [0.15, 0.2) is 5.78 Å². The van der Waals surface area contributed by atoms with Crippen LogP contribution in [0.15, 0.2) is 58.7 Å². The lowest BCUT2D eigenvalue weighted by molar-refractivity contribution is -0.140. The van der Waals surface area contributed by atoms with Gasteiger partial charge in [0.1, 0.15) is 6.04 Å². The number of ketones is 1. The minimum Gasteiger partial charge on any atom is -0.480 e. The Morgan fingerprint density at radius 3 is 2.29 bits per heavy atom. The second kappa shape index (κ2) is 11.3. The fourth-order valence-corrected chi connectivity index (χ4v) is 7.98. The number of Topliss-reactive ketones (excluding diaryl/α,β-unsaturated/α-hetero) is 1. The van der Waals surface area contributed by atoms with Gasteiger partial charge in [-0.1, -0.05) is 54.6 Å². The van der Waals surface area contributed by atoms with Gasteiger partial charge in [0, 0.05) is 35.8 Å². The highest BCUT2D eigenvalue weighted by atomic mass is 35.5. The number of aliphatic carboxylic acids is 1. The summed E-state index contributed by atoms with van der Waals surface area (Å²) < 4.78 is -0.0303. The number of amides is 1. The summed E-state index contributed by atoms with van der Waals surface area (Å²) in [5.74, 6) is -1.28. The van der Waals surface area contributed by atoms with Crippen LogP contribution in [0, 0.1) is 5.41 Å². The molecule has 7 nitrogen and oxygen atoms in total. The Kier molecular flexibility index (Phi) is 8.09. The first-order chi connectivity index (χ1) is 18.3. The van der Waals surface area contributed by atoms with E-state index in [4.69, 9.17) is 23.2 Å². The molecule has 2 heterocycles. The fourth-order valence-electron chi connectivity index (χ4n) is 5.28. The van der Waals surface area contributed by atoms with Crippen LogP contribution in [-0.4, -0.2) is 38.4 Å². The van der Waals surface area contributed by atoms with Gasteiger partial charge in [-0.25, -0.2) is 4.79 Å². The molecule has 1 aliphatic heterocycles. The van der Waals surface area contributed by atoms with Crippen molar-refractivity contribution in [1.29, 1.82) is 0 Å². The number of carbonyl (C=O) groups is 3. The van der Waals surface area contributed by atoms with Crippen LogP contribution in [0.1, 0.15) is 48.0 Å². The molecule has 0 bridgehead atoms. The van der Waals surface area contributed by atoms with Gasteiger partial charge in [-0.05, 0) is 41.4 Å². The summed E-state index contributed by atoms with van der Waals surface area (Å²) in [5, 5.41) is 20.4. The normalized spacial score (nSPS) is 19.4. The molecular formula is C27H25Cl2N3O4S2. The summed E-state index contributed by atoms with van der Waals surface area (Å²) in [7, 11) is 0. The summed E-state index contributed by atoms with van der Waals surface area (Å²) in [6, 6.07) is 6.05.